The molecule has 0 aliphatic carbocycles. The van der Waals surface area contributed by atoms with Crippen LogP contribution in [0.15, 0.2) is 0 Å². The molecule has 0 aromatic heterocycles. The van der Waals surface area contributed by atoms with Crippen molar-refractivity contribution in [2.45, 2.75) is 13.2 Å². The topological polar surface area (TPSA) is 46.6 Å². The molecule has 10 heavy (non-hydrogen) atoms. The maximum atomic E-state index is 10.3. The zero-order valence-electron chi connectivity index (χ0n) is 6.03. The first-order chi connectivity index (χ1) is 4.57. The molecule has 0 saturated heterocycles. The Morgan fingerprint density at radius 2 is 2.30 bits per heavy atom. The van der Waals surface area contributed by atoms with Gasteiger partial charge in [0.2, 0.25) is 6.41 Å². The van der Waals surface area contributed by atoms with Crippen molar-refractivity contribution in [3.05, 3.63) is 6.92 Å². The van der Waals surface area contributed by atoms with Gasteiger partial charge in [0.05, 0.1) is 0 Å². The number of amides is 1. The van der Waals surface area contributed by atoms with Crippen molar-refractivity contribution in [3.63, 3.8) is 0 Å². The van der Waals surface area contributed by atoms with Crippen LogP contribution in [-0.4, -0.2) is 30.6 Å². The average Bonchev–Trinajstić information content (AvgIpc) is 1.85. The van der Waals surface area contributed by atoms with Crippen LogP contribution in [0.3, 0.4) is 0 Å². The van der Waals surface area contributed by atoms with Gasteiger partial charge >= 0.3 is 5.97 Å². The predicted octanol–water partition coefficient (Wildman–Crippen LogP) is -0.202. The first-order valence-corrected chi connectivity index (χ1v) is 2.75. The summed E-state index contributed by atoms with van der Waals surface area (Å²) in [6.07, 6.45) is -0.185. The van der Waals surface area contributed by atoms with Crippen LogP contribution in [0, 0.1) is 6.92 Å². The number of carbonyl (C=O) groups is 2. The van der Waals surface area contributed by atoms with Gasteiger partial charge in [0.25, 0.3) is 0 Å². The molecule has 0 aromatic carbocycles. The van der Waals surface area contributed by atoms with Gasteiger partial charge in [0, 0.05) is 20.9 Å². The molecule has 0 fully saturated rings. The fourth-order valence-electron chi connectivity index (χ4n) is 0.343. The van der Waals surface area contributed by atoms with E-state index in [1.54, 1.807) is 0 Å². The second-order valence-electron chi connectivity index (χ2n) is 1.83. The van der Waals surface area contributed by atoms with Crippen LogP contribution in [0.2, 0.25) is 0 Å². The van der Waals surface area contributed by atoms with Gasteiger partial charge < -0.3 is 9.64 Å². The fraction of sp³-hybridized carbons (Fsp3) is 0.500. The van der Waals surface area contributed by atoms with Gasteiger partial charge in [-0.3, -0.25) is 9.59 Å². The summed E-state index contributed by atoms with van der Waals surface area (Å²) >= 11 is 0. The second-order valence-corrected chi connectivity index (χ2v) is 1.83. The Kier molecular flexibility index (Phi) is 3.46. The highest BCUT2D eigenvalue weighted by Crippen LogP contribution is 1.93. The van der Waals surface area contributed by atoms with E-state index in [1.807, 2.05) is 0 Å². The Balaban J connectivity index is 3.71. The van der Waals surface area contributed by atoms with Crippen LogP contribution in [0.4, 0.5) is 0 Å². The lowest BCUT2D eigenvalue weighted by atomic mass is 10.6. The molecule has 57 valence electrons. The molecule has 0 aliphatic rings. The van der Waals surface area contributed by atoms with E-state index >= 15 is 0 Å². The summed E-state index contributed by atoms with van der Waals surface area (Å²) in [5, 5.41) is 0. The van der Waals surface area contributed by atoms with Crippen molar-refractivity contribution in [1.29, 1.82) is 0 Å². The smallest absolute Gasteiger partial charge is 0.304 e. The van der Waals surface area contributed by atoms with Gasteiger partial charge in [-0.2, -0.15) is 0 Å². The summed E-state index contributed by atoms with van der Waals surface area (Å²) in [7, 11) is 1.48. The predicted molar refractivity (Wildman–Crippen MR) is 34.7 cm³/mol. The summed E-state index contributed by atoms with van der Waals surface area (Å²) in [5.74, 6) is -0.450. The number of rotatable bonds is 3. The van der Waals surface area contributed by atoms with Crippen molar-refractivity contribution < 1.29 is 14.3 Å². The van der Waals surface area contributed by atoms with E-state index in [1.165, 1.54) is 14.0 Å². The molecule has 0 aromatic rings. The molecule has 0 heterocycles. The van der Waals surface area contributed by atoms with E-state index in [0.717, 1.165) is 4.90 Å². The third kappa shape index (κ3) is 3.06. The maximum Gasteiger partial charge on any atom is 0.304 e. The highest BCUT2D eigenvalue weighted by molar-refractivity contribution is 5.66. The minimum absolute atomic E-state index is 0.450. The van der Waals surface area contributed by atoms with Gasteiger partial charge in [-0.1, -0.05) is 0 Å². The van der Waals surface area contributed by atoms with Crippen molar-refractivity contribution in [2.24, 2.45) is 0 Å². The number of carbonyl (C=O) groups excluding carboxylic acids is 2. The average molecular weight is 144 g/mol. The highest BCUT2D eigenvalue weighted by Gasteiger charge is 2.08. The summed E-state index contributed by atoms with van der Waals surface area (Å²) in [4.78, 5) is 21.4. The molecule has 1 radical (unpaired) electrons. The number of nitrogens with zero attached hydrogens (tertiary/aromatic N) is 1. The van der Waals surface area contributed by atoms with Crippen molar-refractivity contribution in [3.8, 4) is 0 Å². The minimum atomic E-state index is -0.727. The first-order valence-electron chi connectivity index (χ1n) is 2.75. The molecular weight excluding hydrogens is 134 g/mol. The van der Waals surface area contributed by atoms with Crippen molar-refractivity contribution in [2.75, 3.05) is 7.05 Å². The number of ether oxygens (including phenoxy) is 1. The van der Waals surface area contributed by atoms with E-state index < -0.39 is 12.2 Å². The SMILES string of the molecule is [CH2]C(OC(C)=O)N(C)C=O. The molecule has 0 saturated carbocycles. The monoisotopic (exact) mass is 144 g/mol. The standard InChI is InChI=1S/C6H10NO3/c1-5(7(3)4-8)10-6(2)9/h4-5H,1H2,2-3H3. The lowest BCUT2D eigenvalue weighted by molar-refractivity contribution is -0.153. The lowest BCUT2D eigenvalue weighted by Crippen LogP contribution is -2.31. The Labute approximate surface area is 59.8 Å². The van der Waals surface area contributed by atoms with E-state index in [2.05, 4.69) is 11.7 Å². The molecule has 0 rings (SSSR count). The van der Waals surface area contributed by atoms with Gasteiger partial charge in [0.15, 0.2) is 6.23 Å². The van der Waals surface area contributed by atoms with Gasteiger partial charge in [-0.25, -0.2) is 0 Å². The van der Waals surface area contributed by atoms with E-state index in [9.17, 15) is 9.59 Å². The highest BCUT2D eigenvalue weighted by atomic mass is 16.6. The zero-order valence-corrected chi connectivity index (χ0v) is 6.03. The second kappa shape index (κ2) is 3.87. The number of esters is 1. The van der Waals surface area contributed by atoms with Gasteiger partial charge in [0.1, 0.15) is 0 Å². The Morgan fingerprint density at radius 3 is 2.60 bits per heavy atom. The molecule has 0 aliphatic heterocycles. The Bertz CT molecular complexity index is 135. The summed E-state index contributed by atoms with van der Waals surface area (Å²) < 4.78 is 4.55. The van der Waals surface area contributed by atoms with Crippen LogP contribution < -0.4 is 0 Å². The Hall–Kier alpha value is -1.06. The zero-order chi connectivity index (χ0) is 8.15. The summed E-state index contributed by atoms with van der Waals surface area (Å²) in [6, 6.07) is 0. The molecule has 4 heteroatoms. The molecular formula is C6H10NO3. The largest absolute Gasteiger partial charge is 0.442 e. The van der Waals surface area contributed by atoms with E-state index in [0.29, 0.717) is 6.41 Å². The third-order valence-corrected chi connectivity index (χ3v) is 0.923. The molecule has 1 unspecified atom stereocenters. The van der Waals surface area contributed by atoms with Crippen LogP contribution in [0.1, 0.15) is 6.92 Å². The first kappa shape index (κ1) is 8.94. The van der Waals surface area contributed by atoms with Crippen LogP contribution in [-0.2, 0) is 14.3 Å². The van der Waals surface area contributed by atoms with Crippen LogP contribution in [0.5, 0.6) is 0 Å². The lowest BCUT2D eigenvalue weighted by Gasteiger charge is -2.18. The normalized spacial score (nSPS) is 11.9. The maximum absolute atomic E-state index is 10.3. The quantitative estimate of drug-likeness (QED) is 0.313. The van der Waals surface area contributed by atoms with E-state index in [4.69, 9.17) is 0 Å². The van der Waals surface area contributed by atoms with Crippen molar-refractivity contribution in [1.82, 2.24) is 4.90 Å². The van der Waals surface area contributed by atoms with Gasteiger partial charge in [-0.15, -0.1) is 0 Å². The number of hydrogen-bond donors (Lipinski definition) is 0. The van der Waals surface area contributed by atoms with Gasteiger partial charge in [-0.05, 0) is 0 Å². The molecule has 4 nitrogen and oxygen atoms in total. The third-order valence-electron chi connectivity index (χ3n) is 0.923. The molecule has 1 amide bonds. The van der Waals surface area contributed by atoms with E-state index in [-0.39, 0.29) is 0 Å². The Morgan fingerprint density at radius 1 is 1.80 bits per heavy atom. The summed E-state index contributed by atoms with van der Waals surface area (Å²) in [6.45, 7) is 4.66. The summed E-state index contributed by atoms with van der Waals surface area (Å²) in [5.41, 5.74) is 0. The molecule has 0 N–H and O–H groups in total. The van der Waals surface area contributed by atoms with Crippen LogP contribution in [0.25, 0.3) is 0 Å². The fourth-order valence-corrected chi connectivity index (χ4v) is 0.343. The molecule has 0 spiro atoms. The van der Waals surface area contributed by atoms with Crippen LogP contribution >= 0.6 is 0 Å². The minimum Gasteiger partial charge on any atom is -0.442 e. The number of hydrogen-bond acceptors (Lipinski definition) is 3. The molecule has 0 bridgehead atoms. The molecule has 1 atom stereocenters. The van der Waals surface area contributed by atoms with Crippen molar-refractivity contribution >= 4 is 12.4 Å².